The minimum absolute atomic E-state index is 0. The van der Waals surface area contributed by atoms with Crippen LogP contribution in [0, 0.1) is 5.92 Å². The van der Waals surface area contributed by atoms with Crippen molar-refractivity contribution >= 4 is 39.8 Å². The number of nitrogens with zero attached hydrogens (tertiary/aromatic N) is 2. The third kappa shape index (κ3) is 6.19. The molecule has 0 aromatic heterocycles. The molecule has 2 fully saturated rings. The van der Waals surface area contributed by atoms with Gasteiger partial charge >= 0.3 is 0 Å². The number of aliphatic imine (C=N–C) groups is 1. The molecule has 0 saturated carbocycles. The highest BCUT2D eigenvalue weighted by molar-refractivity contribution is 14.0. The van der Waals surface area contributed by atoms with Gasteiger partial charge in [0.1, 0.15) is 0 Å². The van der Waals surface area contributed by atoms with E-state index in [0.29, 0.717) is 24.3 Å². The molecule has 0 radical (unpaired) electrons. The Balaban J connectivity index is 0.00000242. The first-order chi connectivity index (χ1) is 10.00. The van der Waals surface area contributed by atoms with Gasteiger partial charge in [0, 0.05) is 19.1 Å². The van der Waals surface area contributed by atoms with Crippen LogP contribution in [0.25, 0.3) is 0 Å². The lowest BCUT2D eigenvalue weighted by Gasteiger charge is -2.23. The molecule has 2 aliphatic heterocycles. The minimum Gasteiger partial charge on any atom is -0.370 e. The van der Waals surface area contributed by atoms with Crippen molar-refractivity contribution in [2.75, 3.05) is 37.7 Å². The summed E-state index contributed by atoms with van der Waals surface area (Å²) in [6.45, 7) is 5.76. The first-order valence-corrected chi connectivity index (χ1v) is 9.80. The summed E-state index contributed by atoms with van der Waals surface area (Å²) in [6.07, 6.45) is 4.14. The fourth-order valence-electron chi connectivity index (χ4n) is 3.31. The van der Waals surface area contributed by atoms with Gasteiger partial charge < -0.3 is 11.1 Å². The van der Waals surface area contributed by atoms with Crippen LogP contribution in [0.15, 0.2) is 4.99 Å². The van der Waals surface area contributed by atoms with E-state index in [1.165, 1.54) is 19.4 Å². The van der Waals surface area contributed by atoms with Gasteiger partial charge in [0.15, 0.2) is 15.8 Å². The summed E-state index contributed by atoms with van der Waals surface area (Å²) in [4.78, 5) is 6.78. The number of hydrogen-bond donors (Lipinski definition) is 2. The molecule has 22 heavy (non-hydrogen) atoms. The topological polar surface area (TPSA) is 87.8 Å². The average Bonchev–Trinajstić information content (AvgIpc) is 2.89. The molecule has 2 rings (SSSR count). The quantitative estimate of drug-likeness (QED) is 0.373. The number of likely N-dealkylation sites (tertiary alicyclic amines) is 1. The first-order valence-electron chi connectivity index (χ1n) is 7.98. The highest BCUT2D eigenvalue weighted by Crippen LogP contribution is 2.18. The summed E-state index contributed by atoms with van der Waals surface area (Å²) in [6, 6.07) is 0.541. The van der Waals surface area contributed by atoms with Crippen LogP contribution in [0.3, 0.4) is 0 Å². The second-order valence-corrected chi connectivity index (χ2v) is 8.38. The minimum atomic E-state index is -2.85. The van der Waals surface area contributed by atoms with Crippen molar-refractivity contribution in [3.63, 3.8) is 0 Å². The Morgan fingerprint density at radius 1 is 1.36 bits per heavy atom. The number of sulfone groups is 1. The molecule has 2 unspecified atom stereocenters. The molecule has 130 valence electrons. The standard InChI is InChI=1S/C14H28N4O2S.HI/c1-2-18-7-3-6-13(18)10-17-14(15)16-9-12-5-4-8-21(19,20)11-12;/h12-13H,2-11H2,1H3,(H3,15,16,17);1H. The Hall–Kier alpha value is -0.0900. The van der Waals surface area contributed by atoms with Gasteiger partial charge in [-0.3, -0.25) is 9.89 Å². The summed E-state index contributed by atoms with van der Waals surface area (Å²) in [5.41, 5.74) is 5.89. The molecule has 2 aliphatic rings. The number of halogens is 1. The van der Waals surface area contributed by atoms with E-state index >= 15 is 0 Å². The van der Waals surface area contributed by atoms with Gasteiger partial charge in [0.25, 0.3) is 0 Å². The van der Waals surface area contributed by atoms with Crippen molar-refractivity contribution < 1.29 is 8.42 Å². The largest absolute Gasteiger partial charge is 0.370 e. The van der Waals surface area contributed by atoms with Gasteiger partial charge in [0.2, 0.25) is 0 Å². The van der Waals surface area contributed by atoms with Gasteiger partial charge in [-0.05, 0) is 44.7 Å². The lowest BCUT2D eigenvalue weighted by molar-refractivity contribution is 0.267. The van der Waals surface area contributed by atoms with E-state index in [9.17, 15) is 8.42 Å². The van der Waals surface area contributed by atoms with E-state index < -0.39 is 9.84 Å². The van der Waals surface area contributed by atoms with Crippen LogP contribution in [-0.4, -0.2) is 63.0 Å². The zero-order valence-corrected chi connectivity index (χ0v) is 16.5. The third-order valence-electron chi connectivity index (χ3n) is 4.50. The van der Waals surface area contributed by atoms with E-state index in [1.54, 1.807) is 0 Å². The molecule has 3 N–H and O–H groups in total. The van der Waals surface area contributed by atoms with Crippen molar-refractivity contribution in [3.05, 3.63) is 0 Å². The van der Waals surface area contributed by atoms with E-state index in [1.807, 2.05) is 0 Å². The Kier molecular flexibility index (Phi) is 8.40. The van der Waals surface area contributed by atoms with Gasteiger partial charge in [0.05, 0.1) is 11.5 Å². The number of hydrogen-bond acceptors (Lipinski definition) is 4. The van der Waals surface area contributed by atoms with E-state index in [-0.39, 0.29) is 35.6 Å². The average molecular weight is 444 g/mol. The maximum atomic E-state index is 11.6. The molecule has 8 heteroatoms. The molecule has 0 amide bonds. The van der Waals surface area contributed by atoms with Crippen molar-refractivity contribution in [1.82, 2.24) is 10.2 Å². The van der Waals surface area contributed by atoms with Gasteiger partial charge in [-0.15, -0.1) is 24.0 Å². The number of likely N-dealkylation sites (N-methyl/N-ethyl adjacent to an activating group) is 1. The molecular formula is C14H29IN4O2S. The number of nitrogens with one attached hydrogen (secondary N) is 1. The second-order valence-electron chi connectivity index (χ2n) is 6.15. The predicted molar refractivity (Wildman–Crippen MR) is 102 cm³/mol. The Morgan fingerprint density at radius 2 is 2.14 bits per heavy atom. The van der Waals surface area contributed by atoms with Crippen LogP contribution in [-0.2, 0) is 9.84 Å². The number of guanidine groups is 1. The molecule has 2 heterocycles. The van der Waals surface area contributed by atoms with Crippen LogP contribution in [0.5, 0.6) is 0 Å². The van der Waals surface area contributed by atoms with Crippen LogP contribution in [0.1, 0.15) is 32.6 Å². The fraction of sp³-hybridized carbons (Fsp3) is 0.929. The molecule has 0 aliphatic carbocycles. The highest BCUT2D eigenvalue weighted by atomic mass is 127. The maximum Gasteiger partial charge on any atom is 0.188 e. The van der Waals surface area contributed by atoms with Crippen molar-refractivity contribution in [3.8, 4) is 0 Å². The molecule has 0 aromatic rings. The zero-order chi connectivity index (χ0) is 15.3. The monoisotopic (exact) mass is 444 g/mol. The summed E-state index contributed by atoms with van der Waals surface area (Å²) < 4.78 is 23.1. The summed E-state index contributed by atoms with van der Waals surface area (Å²) in [5, 5.41) is 3.19. The smallest absolute Gasteiger partial charge is 0.188 e. The van der Waals surface area contributed by atoms with Crippen LogP contribution < -0.4 is 11.1 Å². The Bertz CT molecular complexity index is 469. The van der Waals surface area contributed by atoms with Crippen LogP contribution >= 0.6 is 24.0 Å². The SMILES string of the molecule is CCN1CCCC1CNC(N)=NCC1CCCS(=O)(=O)C1.I. The number of nitrogens with two attached hydrogens (primary N) is 1. The Morgan fingerprint density at radius 3 is 2.82 bits per heavy atom. The fourth-order valence-corrected chi connectivity index (χ4v) is 5.07. The zero-order valence-electron chi connectivity index (χ0n) is 13.3. The lowest BCUT2D eigenvalue weighted by atomic mass is 10.1. The van der Waals surface area contributed by atoms with E-state index in [4.69, 9.17) is 5.73 Å². The highest BCUT2D eigenvalue weighted by Gasteiger charge is 2.25. The summed E-state index contributed by atoms with van der Waals surface area (Å²) in [5.74, 6) is 1.16. The van der Waals surface area contributed by atoms with Gasteiger partial charge in [-0.25, -0.2) is 8.42 Å². The number of rotatable bonds is 5. The Labute approximate surface area is 151 Å². The third-order valence-corrected chi connectivity index (χ3v) is 6.39. The van der Waals surface area contributed by atoms with Crippen molar-refractivity contribution in [2.24, 2.45) is 16.6 Å². The van der Waals surface area contributed by atoms with E-state index in [0.717, 1.165) is 25.9 Å². The van der Waals surface area contributed by atoms with Gasteiger partial charge in [-0.2, -0.15) is 0 Å². The van der Waals surface area contributed by atoms with Crippen molar-refractivity contribution in [2.45, 2.75) is 38.6 Å². The molecule has 0 aromatic carbocycles. The normalized spacial score (nSPS) is 29.0. The lowest BCUT2D eigenvalue weighted by Crippen LogP contribution is -2.43. The van der Waals surface area contributed by atoms with Crippen LogP contribution in [0.2, 0.25) is 0 Å². The van der Waals surface area contributed by atoms with Crippen molar-refractivity contribution in [1.29, 1.82) is 0 Å². The second kappa shape index (κ2) is 9.27. The molecule has 2 atom stereocenters. The molecule has 2 saturated heterocycles. The van der Waals surface area contributed by atoms with E-state index in [2.05, 4.69) is 22.1 Å². The summed E-state index contributed by atoms with van der Waals surface area (Å²) >= 11 is 0. The maximum absolute atomic E-state index is 11.6. The van der Waals surface area contributed by atoms with Gasteiger partial charge in [-0.1, -0.05) is 6.92 Å². The molecule has 6 nitrogen and oxygen atoms in total. The first kappa shape index (κ1) is 20.0. The molecule has 0 spiro atoms. The summed E-state index contributed by atoms with van der Waals surface area (Å²) in [7, 11) is -2.85. The molecule has 0 bridgehead atoms. The molecular weight excluding hydrogens is 415 g/mol. The van der Waals surface area contributed by atoms with Crippen LogP contribution in [0.4, 0.5) is 0 Å². The predicted octanol–water partition coefficient (Wildman–Crippen LogP) is 0.818.